The molecule has 5 heteroatoms. The second-order valence-electron chi connectivity index (χ2n) is 3.51. The van der Waals surface area contributed by atoms with E-state index in [0.717, 1.165) is 25.4 Å². The van der Waals surface area contributed by atoms with Crippen LogP contribution in [0.3, 0.4) is 0 Å². The van der Waals surface area contributed by atoms with E-state index in [1.165, 1.54) is 0 Å². The number of aryl methyl sites for hydroxylation is 1. The Bertz CT molecular complexity index is 362. The van der Waals surface area contributed by atoms with Crippen molar-refractivity contribution in [1.29, 1.82) is 0 Å². The van der Waals surface area contributed by atoms with Gasteiger partial charge in [-0.15, -0.1) is 0 Å². The van der Waals surface area contributed by atoms with Crippen LogP contribution in [0.1, 0.15) is 12.6 Å². The van der Waals surface area contributed by atoms with Crippen LogP contribution in [0.5, 0.6) is 0 Å². The Morgan fingerprint density at radius 2 is 2.31 bits per heavy atom. The predicted octanol–water partition coefficient (Wildman–Crippen LogP) is 0.178. The van der Waals surface area contributed by atoms with E-state index in [4.69, 9.17) is 4.74 Å². The summed E-state index contributed by atoms with van der Waals surface area (Å²) in [5.41, 5.74) is 0.754. The zero-order valence-corrected chi connectivity index (χ0v) is 9.90. The van der Waals surface area contributed by atoms with Crippen LogP contribution in [0.2, 0.25) is 0 Å². The molecule has 0 atom stereocenters. The number of nitrogens with one attached hydrogen (secondary N) is 1. The first kappa shape index (κ1) is 12.9. The highest BCUT2D eigenvalue weighted by molar-refractivity contribution is 4.95. The maximum atomic E-state index is 11.5. The zero-order chi connectivity index (χ0) is 11.8. The third-order valence-electron chi connectivity index (χ3n) is 2.17. The predicted molar refractivity (Wildman–Crippen MR) is 62.6 cm³/mol. The van der Waals surface area contributed by atoms with Crippen molar-refractivity contribution in [2.45, 2.75) is 20.4 Å². The van der Waals surface area contributed by atoms with Crippen molar-refractivity contribution in [1.82, 2.24) is 14.9 Å². The Labute approximate surface area is 95.5 Å². The first-order chi connectivity index (χ1) is 7.74. The molecule has 1 heterocycles. The number of rotatable bonds is 7. The second-order valence-corrected chi connectivity index (χ2v) is 3.51. The summed E-state index contributed by atoms with van der Waals surface area (Å²) in [5.74, 6) is 0. The highest BCUT2D eigenvalue weighted by atomic mass is 16.5. The number of ether oxygens (including phenoxy) is 1. The molecule has 1 aromatic rings. The molecule has 0 aliphatic rings. The molecule has 1 N–H and O–H groups in total. The number of hydrogen-bond acceptors (Lipinski definition) is 4. The van der Waals surface area contributed by atoms with E-state index in [2.05, 4.69) is 10.3 Å². The Hall–Kier alpha value is -1.20. The van der Waals surface area contributed by atoms with Crippen LogP contribution in [0.15, 0.2) is 17.2 Å². The summed E-state index contributed by atoms with van der Waals surface area (Å²) in [6.45, 7) is 7.42. The maximum absolute atomic E-state index is 11.5. The summed E-state index contributed by atoms with van der Waals surface area (Å²) in [6, 6.07) is 1.54. The van der Waals surface area contributed by atoms with Gasteiger partial charge in [-0.05, 0) is 13.8 Å². The minimum atomic E-state index is -0.000826. The fraction of sp³-hybridized carbons (Fsp3) is 0.636. The monoisotopic (exact) mass is 225 g/mol. The van der Waals surface area contributed by atoms with Crippen molar-refractivity contribution in [2.75, 3.05) is 26.3 Å². The lowest BCUT2D eigenvalue weighted by Gasteiger charge is -2.06. The maximum Gasteiger partial charge on any atom is 0.253 e. The third kappa shape index (κ3) is 4.55. The number of aromatic nitrogens is 2. The van der Waals surface area contributed by atoms with Crippen LogP contribution in [0.25, 0.3) is 0 Å². The summed E-state index contributed by atoms with van der Waals surface area (Å²) in [4.78, 5) is 15.6. The van der Waals surface area contributed by atoms with E-state index in [9.17, 15) is 4.79 Å². The summed E-state index contributed by atoms with van der Waals surface area (Å²) in [5, 5.41) is 3.20. The fourth-order valence-electron chi connectivity index (χ4n) is 1.30. The SMILES string of the molecule is CCOCCNCCn1cnc(C)cc1=O. The molecule has 0 aliphatic carbocycles. The van der Waals surface area contributed by atoms with Crippen molar-refractivity contribution in [3.05, 3.63) is 28.4 Å². The topological polar surface area (TPSA) is 56.1 Å². The van der Waals surface area contributed by atoms with Gasteiger partial charge in [0.05, 0.1) is 12.9 Å². The lowest BCUT2D eigenvalue weighted by atomic mass is 10.4. The van der Waals surface area contributed by atoms with Crippen LogP contribution < -0.4 is 10.9 Å². The molecule has 1 aromatic heterocycles. The molecule has 16 heavy (non-hydrogen) atoms. The van der Waals surface area contributed by atoms with Gasteiger partial charge < -0.3 is 10.1 Å². The first-order valence-electron chi connectivity index (χ1n) is 5.55. The third-order valence-corrected chi connectivity index (χ3v) is 2.17. The molecule has 0 saturated carbocycles. The molecule has 0 unspecified atom stereocenters. The van der Waals surface area contributed by atoms with Gasteiger partial charge in [-0.2, -0.15) is 0 Å². The van der Waals surface area contributed by atoms with Crippen molar-refractivity contribution >= 4 is 0 Å². The van der Waals surface area contributed by atoms with Gasteiger partial charge in [0.15, 0.2) is 0 Å². The summed E-state index contributed by atoms with van der Waals surface area (Å²) < 4.78 is 6.78. The molecule has 0 saturated heterocycles. The molecular weight excluding hydrogens is 206 g/mol. The first-order valence-corrected chi connectivity index (χ1v) is 5.55. The summed E-state index contributed by atoms with van der Waals surface area (Å²) in [7, 11) is 0. The average Bonchev–Trinajstić information content (AvgIpc) is 2.26. The van der Waals surface area contributed by atoms with Gasteiger partial charge in [-0.3, -0.25) is 9.36 Å². The van der Waals surface area contributed by atoms with E-state index < -0.39 is 0 Å². The molecule has 1 rings (SSSR count). The Morgan fingerprint density at radius 3 is 3.00 bits per heavy atom. The van der Waals surface area contributed by atoms with Gasteiger partial charge in [0.2, 0.25) is 0 Å². The Morgan fingerprint density at radius 1 is 1.50 bits per heavy atom. The molecule has 90 valence electrons. The highest BCUT2D eigenvalue weighted by Gasteiger charge is 1.96. The van der Waals surface area contributed by atoms with Crippen LogP contribution >= 0.6 is 0 Å². The quantitative estimate of drug-likeness (QED) is 0.672. The molecule has 0 fully saturated rings. The smallest absolute Gasteiger partial charge is 0.253 e. The van der Waals surface area contributed by atoms with Crippen LogP contribution in [0, 0.1) is 6.92 Å². The minimum Gasteiger partial charge on any atom is -0.380 e. The van der Waals surface area contributed by atoms with E-state index in [0.29, 0.717) is 13.2 Å². The van der Waals surface area contributed by atoms with Crippen LogP contribution in [-0.4, -0.2) is 35.9 Å². The van der Waals surface area contributed by atoms with Gasteiger partial charge in [0.1, 0.15) is 0 Å². The van der Waals surface area contributed by atoms with Gasteiger partial charge in [0.25, 0.3) is 5.56 Å². The number of hydrogen-bond donors (Lipinski definition) is 1. The normalized spacial score (nSPS) is 10.6. The fourth-order valence-corrected chi connectivity index (χ4v) is 1.30. The number of nitrogens with zero attached hydrogens (tertiary/aromatic N) is 2. The molecule has 0 aliphatic heterocycles. The Kier molecular flexibility index (Phi) is 5.74. The lowest BCUT2D eigenvalue weighted by Crippen LogP contribution is -2.28. The van der Waals surface area contributed by atoms with Crippen LogP contribution in [0.4, 0.5) is 0 Å². The lowest BCUT2D eigenvalue weighted by molar-refractivity contribution is 0.149. The van der Waals surface area contributed by atoms with Gasteiger partial charge >= 0.3 is 0 Å². The average molecular weight is 225 g/mol. The van der Waals surface area contributed by atoms with Crippen molar-refractivity contribution in [3.63, 3.8) is 0 Å². The molecule has 0 aromatic carbocycles. The van der Waals surface area contributed by atoms with E-state index >= 15 is 0 Å². The molecule has 5 nitrogen and oxygen atoms in total. The Balaban J connectivity index is 2.24. The zero-order valence-electron chi connectivity index (χ0n) is 9.90. The second kappa shape index (κ2) is 7.14. The largest absolute Gasteiger partial charge is 0.380 e. The van der Waals surface area contributed by atoms with Gasteiger partial charge in [-0.1, -0.05) is 0 Å². The molecular formula is C11H19N3O2. The van der Waals surface area contributed by atoms with Gasteiger partial charge in [-0.25, -0.2) is 4.98 Å². The minimum absolute atomic E-state index is 0.000826. The van der Waals surface area contributed by atoms with E-state index in [1.54, 1.807) is 17.0 Å². The highest BCUT2D eigenvalue weighted by Crippen LogP contribution is 1.84. The molecule has 0 spiro atoms. The van der Waals surface area contributed by atoms with Crippen molar-refractivity contribution in [3.8, 4) is 0 Å². The van der Waals surface area contributed by atoms with Gasteiger partial charge in [0, 0.05) is 38.0 Å². The van der Waals surface area contributed by atoms with Crippen molar-refractivity contribution in [2.24, 2.45) is 0 Å². The van der Waals surface area contributed by atoms with E-state index in [1.807, 2.05) is 13.8 Å². The molecule has 0 amide bonds. The summed E-state index contributed by atoms with van der Waals surface area (Å²) >= 11 is 0. The molecule has 0 radical (unpaired) electrons. The summed E-state index contributed by atoms with van der Waals surface area (Å²) in [6.07, 6.45) is 1.59. The van der Waals surface area contributed by atoms with Crippen LogP contribution in [-0.2, 0) is 11.3 Å². The standard InChI is InChI=1S/C11H19N3O2/c1-3-16-7-5-12-4-6-14-9-13-10(2)8-11(14)15/h8-9,12H,3-7H2,1-2H3. The van der Waals surface area contributed by atoms with E-state index in [-0.39, 0.29) is 5.56 Å². The molecule has 0 bridgehead atoms. The van der Waals surface area contributed by atoms with Crippen molar-refractivity contribution < 1.29 is 4.74 Å².